The van der Waals surface area contributed by atoms with Crippen LogP contribution in [0.2, 0.25) is 0 Å². The van der Waals surface area contributed by atoms with Gasteiger partial charge in [0.1, 0.15) is 6.10 Å². The zero-order valence-corrected chi connectivity index (χ0v) is 6.86. The van der Waals surface area contributed by atoms with E-state index in [4.69, 9.17) is 4.74 Å². The summed E-state index contributed by atoms with van der Waals surface area (Å²) in [5.41, 5.74) is 0.532. The highest BCUT2D eigenvalue weighted by atomic mass is 16.5. The Labute approximate surface area is 70.1 Å². The molecule has 64 valence electrons. The van der Waals surface area contributed by atoms with Gasteiger partial charge in [-0.15, -0.1) is 0 Å². The van der Waals surface area contributed by atoms with Crippen molar-refractivity contribution in [3.63, 3.8) is 0 Å². The van der Waals surface area contributed by atoms with Crippen LogP contribution in [0.3, 0.4) is 0 Å². The summed E-state index contributed by atoms with van der Waals surface area (Å²) in [6, 6.07) is 0. The van der Waals surface area contributed by atoms with Crippen LogP contribution in [-0.4, -0.2) is 21.9 Å². The van der Waals surface area contributed by atoms with E-state index in [0.29, 0.717) is 5.56 Å². The zero-order chi connectivity index (χ0) is 8.55. The van der Waals surface area contributed by atoms with Gasteiger partial charge in [-0.1, -0.05) is 0 Å². The topological polar surface area (TPSA) is 44.1 Å². The van der Waals surface area contributed by atoms with Gasteiger partial charge in [0.2, 0.25) is 0 Å². The number of ether oxygens (including phenoxy) is 1. The fraction of sp³-hybridized carbons (Fsp3) is 0.500. The Morgan fingerprint density at radius 3 is 3.00 bits per heavy atom. The van der Waals surface area contributed by atoms with Gasteiger partial charge in [-0.05, 0) is 12.8 Å². The lowest BCUT2D eigenvalue weighted by molar-refractivity contribution is 0.0472. The Morgan fingerprint density at radius 1 is 1.75 bits per heavy atom. The summed E-state index contributed by atoms with van der Waals surface area (Å²) in [6.07, 6.45) is 5.35. The van der Waals surface area contributed by atoms with Gasteiger partial charge in [0.05, 0.1) is 11.8 Å². The quantitative estimate of drug-likeness (QED) is 0.608. The van der Waals surface area contributed by atoms with E-state index in [9.17, 15) is 4.79 Å². The lowest BCUT2D eigenvalue weighted by Gasteiger charge is -1.97. The lowest BCUT2D eigenvalue weighted by Crippen LogP contribution is -2.05. The van der Waals surface area contributed by atoms with Crippen molar-refractivity contribution in [3.8, 4) is 0 Å². The molecule has 4 nitrogen and oxygen atoms in total. The third-order valence-electron chi connectivity index (χ3n) is 1.74. The van der Waals surface area contributed by atoms with Crippen LogP contribution in [0.4, 0.5) is 0 Å². The Morgan fingerprint density at radius 2 is 2.50 bits per heavy atom. The normalized spacial score (nSPS) is 16.1. The molecule has 1 aliphatic carbocycles. The second-order valence-corrected chi connectivity index (χ2v) is 3.01. The maximum atomic E-state index is 11.2. The summed E-state index contributed by atoms with van der Waals surface area (Å²) in [7, 11) is 1.77. The van der Waals surface area contributed by atoms with Gasteiger partial charge in [-0.25, -0.2) is 4.79 Å². The second kappa shape index (κ2) is 2.62. The average molecular weight is 166 g/mol. The van der Waals surface area contributed by atoms with E-state index < -0.39 is 0 Å². The maximum absolute atomic E-state index is 11.2. The molecule has 4 heteroatoms. The second-order valence-electron chi connectivity index (χ2n) is 3.01. The summed E-state index contributed by atoms with van der Waals surface area (Å²) in [4.78, 5) is 11.2. The molecule has 1 heterocycles. The van der Waals surface area contributed by atoms with Crippen molar-refractivity contribution in [3.05, 3.63) is 18.0 Å². The summed E-state index contributed by atoms with van der Waals surface area (Å²) in [5, 5.41) is 3.88. The van der Waals surface area contributed by atoms with Gasteiger partial charge in [0, 0.05) is 13.2 Å². The SMILES string of the molecule is Cn1cc(C(=O)OC2CC2)cn1. The number of aromatic nitrogens is 2. The zero-order valence-electron chi connectivity index (χ0n) is 6.86. The van der Waals surface area contributed by atoms with Crippen LogP contribution in [0.25, 0.3) is 0 Å². The van der Waals surface area contributed by atoms with Crippen molar-refractivity contribution < 1.29 is 9.53 Å². The molecule has 1 aromatic heterocycles. The van der Waals surface area contributed by atoms with Crippen LogP contribution in [0.15, 0.2) is 12.4 Å². The van der Waals surface area contributed by atoms with E-state index in [1.54, 1.807) is 17.9 Å². The fourth-order valence-corrected chi connectivity index (χ4v) is 0.932. The molecular weight excluding hydrogens is 156 g/mol. The standard InChI is InChI=1S/C8H10N2O2/c1-10-5-6(4-9-10)8(11)12-7-2-3-7/h4-5,7H,2-3H2,1H3. The molecule has 0 atom stereocenters. The largest absolute Gasteiger partial charge is 0.459 e. The van der Waals surface area contributed by atoms with Crippen molar-refractivity contribution in [2.45, 2.75) is 18.9 Å². The van der Waals surface area contributed by atoms with E-state index in [2.05, 4.69) is 5.10 Å². The molecule has 1 aromatic rings. The Balaban J connectivity index is 2.03. The molecule has 0 N–H and O–H groups in total. The van der Waals surface area contributed by atoms with Crippen LogP contribution in [0, 0.1) is 0 Å². The van der Waals surface area contributed by atoms with Crippen molar-refractivity contribution in [2.75, 3.05) is 0 Å². The molecule has 0 bridgehead atoms. The molecule has 2 rings (SSSR count). The van der Waals surface area contributed by atoms with Crippen molar-refractivity contribution in [1.82, 2.24) is 9.78 Å². The van der Waals surface area contributed by atoms with Crippen LogP contribution in [0.1, 0.15) is 23.2 Å². The summed E-state index contributed by atoms with van der Waals surface area (Å²) in [5.74, 6) is -0.259. The van der Waals surface area contributed by atoms with Gasteiger partial charge in [-0.3, -0.25) is 4.68 Å². The number of carbonyl (C=O) groups is 1. The number of rotatable bonds is 2. The first kappa shape index (κ1) is 7.34. The molecule has 1 fully saturated rings. The Kier molecular flexibility index (Phi) is 1.60. The number of hydrogen-bond donors (Lipinski definition) is 0. The van der Waals surface area contributed by atoms with Crippen LogP contribution >= 0.6 is 0 Å². The highest BCUT2D eigenvalue weighted by Gasteiger charge is 2.26. The average Bonchev–Trinajstić information content (AvgIpc) is 2.72. The molecule has 1 aliphatic rings. The van der Waals surface area contributed by atoms with Crippen LogP contribution in [-0.2, 0) is 11.8 Å². The molecule has 1 saturated carbocycles. The fourth-order valence-electron chi connectivity index (χ4n) is 0.932. The Hall–Kier alpha value is -1.32. The first-order valence-electron chi connectivity index (χ1n) is 3.95. The van der Waals surface area contributed by atoms with Crippen molar-refractivity contribution in [1.29, 1.82) is 0 Å². The predicted octanol–water partition coefficient (Wildman–Crippen LogP) is 0.739. The molecule has 0 aliphatic heterocycles. The van der Waals surface area contributed by atoms with Crippen molar-refractivity contribution >= 4 is 5.97 Å². The van der Waals surface area contributed by atoms with E-state index >= 15 is 0 Å². The van der Waals surface area contributed by atoms with Gasteiger partial charge in [0.15, 0.2) is 0 Å². The Bertz CT molecular complexity index is 302. The highest BCUT2D eigenvalue weighted by Crippen LogP contribution is 2.24. The summed E-state index contributed by atoms with van der Waals surface area (Å²) >= 11 is 0. The van der Waals surface area contributed by atoms with E-state index in [0.717, 1.165) is 12.8 Å². The van der Waals surface area contributed by atoms with Gasteiger partial charge < -0.3 is 4.74 Å². The van der Waals surface area contributed by atoms with Gasteiger partial charge in [0.25, 0.3) is 0 Å². The minimum absolute atomic E-state index is 0.165. The lowest BCUT2D eigenvalue weighted by atomic mass is 10.4. The van der Waals surface area contributed by atoms with E-state index in [1.165, 1.54) is 6.20 Å². The van der Waals surface area contributed by atoms with Crippen LogP contribution < -0.4 is 0 Å². The minimum Gasteiger partial charge on any atom is -0.459 e. The van der Waals surface area contributed by atoms with E-state index in [-0.39, 0.29) is 12.1 Å². The monoisotopic (exact) mass is 166 g/mol. The van der Waals surface area contributed by atoms with Gasteiger partial charge >= 0.3 is 5.97 Å². The van der Waals surface area contributed by atoms with Crippen LogP contribution in [0.5, 0.6) is 0 Å². The van der Waals surface area contributed by atoms with Crippen molar-refractivity contribution in [2.24, 2.45) is 7.05 Å². The molecular formula is C8H10N2O2. The predicted molar refractivity (Wildman–Crippen MR) is 41.6 cm³/mol. The molecule has 0 radical (unpaired) electrons. The maximum Gasteiger partial charge on any atom is 0.341 e. The number of carbonyl (C=O) groups excluding carboxylic acids is 1. The smallest absolute Gasteiger partial charge is 0.341 e. The number of hydrogen-bond acceptors (Lipinski definition) is 3. The molecule has 0 unspecified atom stereocenters. The molecule has 0 aromatic carbocycles. The molecule has 0 spiro atoms. The molecule has 0 amide bonds. The first-order valence-corrected chi connectivity index (χ1v) is 3.95. The highest BCUT2D eigenvalue weighted by molar-refractivity contribution is 5.88. The number of aryl methyl sites for hydroxylation is 1. The third kappa shape index (κ3) is 1.47. The summed E-state index contributed by atoms with van der Waals surface area (Å²) < 4.78 is 6.66. The molecule has 0 saturated heterocycles. The first-order chi connectivity index (χ1) is 5.75. The number of esters is 1. The third-order valence-corrected chi connectivity index (χ3v) is 1.74. The molecule has 12 heavy (non-hydrogen) atoms. The van der Waals surface area contributed by atoms with E-state index in [1.807, 2.05) is 0 Å². The number of nitrogens with zero attached hydrogens (tertiary/aromatic N) is 2. The summed E-state index contributed by atoms with van der Waals surface area (Å²) in [6.45, 7) is 0. The minimum atomic E-state index is -0.259. The van der Waals surface area contributed by atoms with Gasteiger partial charge in [-0.2, -0.15) is 5.10 Å².